The van der Waals surface area contributed by atoms with Crippen LogP contribution in [0.5, 0.6) is 0 Å². The monoisotopic (exact) mass is 147 g/mol. The first-order valence-corrected chi connectivity index (χ1v) is 2.56. The molecule has 0 radical (unpaired) electrons. The van der Waals surface area contributed by atoms with Crippen molar-refractivity contribution in [1.82, 2.24) is 4.98 Å². The van der Waals surface area contributed by atoms with Crippen LogP contribution in [0.3, 0.4) is 0 Å². The van der Waals surface area contributed by atoms with E-state index >= 15 is 0 Å². The topological polar surface area (TPSA) is 41.0 Å². The van der Waals surface area contributed by atoms with E-state index in [0.717, 1.165) is 0 Å². The molecular weight excluding hydrogens is 146 g/mol. The van der Waals surface area contributed by atoms with E-state index in [1.54, 1.807) is 11.6 Å². The smallest absolute Gasteiger partial charge is 0.523 e. The first-order chi connectivity index (χ1) is 3.43. The molecule has 0 saturated heterocycles. The molecule has 0 aliphatic rings. The van der Waals surface area contributed by atoms with Gasteiger partial charge in [0.05, 0.1) is 5.39 Å². The fourth-order valence-corrected chi connectivity index (χ4v) is 0.678. The van der Waals surface area contributed by atoms with Crippen molar-refractivity contribution < 1.29 is 12.4 Å². The van der Waals surface area contributed by atoms with Crippen LogP contribution < -0.4 is 12.4 Å². The molecule has 0 unspecified atom stereocenters. The zero-order chi connectivity index (χ0) is 5.11. The van der Waals surface area contributed by atoms with Gasteiger partial charge in [0, 0.05) is 10.4 Å². The third-order valence-electron chi connectivity index (χ3n) is 0.505. The van der Waals surface area contributed by atoms with E-state index in [1.165, 1.54) is 11.3 Å². The van der Waals surface area contributed by atoms with E-state index in [2.05, 4.69) is 9.96 Å². The minimum absolute atomic E-state index is 0. The first kappa shape index (κ1) is 7.34. The summed E-state index contributed by atoms with van der Waals surface area (Å²) in [5.74, 6) is 0. The summed E-state index contributed by atoms with van der Waals surface area (Å²) in [6.45, 7) is 0. The third kappa shape index (κ3) is 1.45. The highest BCUT2D eigenvalue weighted by atomic mass is 35.5. The van der Waals surface area contributed by atoms with Crippen molar-refractivity contribution in [3.05, 3.63) is 16.6 Å². The van der Waals surface area contributed by atoms with Crippen molar-refractivity contribution in [3.8, 4) is 0 Å². The van der Waals surface area contributed by atoms with Crippen molar-refractivity contribution in [2.45, 2.75) is 0 Å². The number of halogens is 1. The third-order valence-corrected chi connectivity index (χ3v) is 1.16. The van der Waals surface area contributed by atoms with Gasteiger partial charge in [-0.1, -0.05) is 0 Å². The Bertz CT molecular complexity index is 177. The molecule has 0 saturated carbocycles. The van der Waals surface area contributed by atoms with E-state index in [1.807, 2.05) is 0 Å². The summed E-state index contributed by atoms with van der Waals surface area (Å²) in [6.07, 6.45) is 1.58. The van der Waals surface area contributed by atoms with Gasteiger partial charge in [0.15, 0.2) is 6.20 Å². The second kappa shape index (κ2) is 3.36. The van der Waals surface area contributed by atoms with Crippen LogP contribution in [0, 0.1) is 5.39 Å². The minimum Gasteiger partial charge on any atom is -1.00 e. The maximum Gasteiger partial charge on any atom is 0.523 e. The van der Waals surface area contributed by atoms with Crippen LogP contribution >= 0.6 is 11.3 Å². The maximum absolute atomic E-state index is 8.00. The number of diazo groups is 1. The molecule has 42 valence electrons. The quantitative estimate of drug-likeness (QED) is 0.425. The van der Waals surface area contributed by atoms with Gasteiger partial charge in [0.2, 0.25) is 0 Å². The molecule has 1 aromatic heterocycles. The van der Waals surface area contributed by atoms with Gasteiger partial charge >= 0.3 is 5.13 Å². The molecule has 0 amide bonds. The molecule has 0 atom stereocenters. The van der Waals surface area contributed by atoms with Gasteiger partial charge in [-0.2, -0.15) is 0 Å². The Morgan fingerprint density at radius 1 is 1.75 bits per heavy atom. The lowest BCUT2D eigenvalue weighted by Gasteiger charge is -1.44. The number of thiazole rings is 1. The average molecular weight is 148 g/mol. The second-order valence-corrected chi connectivity index (χ2v) is 1.79. The molecule has 0 spiro atoms. The van der Waals surface area contributed by atoms with Gasteiger partial charge < -0.3 is 12.4 Å². The van der Waals surface area contributed by atoms with Crippen LogP contribution in [0.15, 0.2) is 11.6 Å². The van der Waals surface area contributed by atoms with Crippen molar-refractivity contribution in [2.24, 2.45) is 0 Å². The zero-order valence-corrected chi connectivity index (χ0v) is 5.35. The van der Waals surface area contributed by atoms with Crippen molar-refractivity contribution >= 4 is 16.5 Å². The summed E-state index contributed by atoms with van der Waals surface area (Å²) in [6, 6.07) is 0. The van der Waals surface area contributed by atoms with Gasteiger partial charge in [-0.05, 0) is 16.3 Å². The summed E-state index contributed by atoms with van der Waals surface area (Å²) < 4.78 is 0. The molecule has 1 heterocycles. The summed E-state index contributed by atoms with van der Waals surface area (Å²) in [4.78, 5) is 6.47. The van der Waals surface area contributed by atoms with E-state index < -0.39 is 0 Å². The molecule has 0 fully saturated rings. The molecule has 0 aliphatic heterocycles. The summed E-state index contributed by atoms with van der Waals surface area (Å²) >= 11 is 1.30. The Morgan fingerprint density at radius 2 is 2.50 bits per heavy atom. The van der Waals surface area contributed by atoms with E-state index in [9.17, 15) is 0 Å². The van der Waals surface area contributed by atoms with Crippen LogP contribution in [-0.2, 0) is 0 Å². The SMILES string of the molecule is N#[N+]c1nccs1.[Cl-]. The Labute approximate surface area is 56.4 Å². The van der Waals surface area contributed by atoms with E-state index in [-0.39, 0.29) is 12.4 Å². The largest absolute Gasteiger partial charge is 1.00 e. The van der Waals surface area contributed by atoms with Crippen molar-refractivity contribution in [1.29, 1.82) is 5.39 Å². The summed E-state index contributed by atoms with van der Waals surface area (Å²) in [5, 5.41) is 10.1. The van der Waals surface area contributed by atoms with Crippen molar-refractivity contribution in [2.75, 3.05) is 0 Å². The molecule has 0 aromatic carbocycles. The van der Waals surface area contributed by atoms with Gasteiger partial charge in [-0.25, -0.2) is 0 Å². The van der Waals surface area contributed by atoms with Crippen LogP contribution in [0.1, 0.15) is 0 Å². The predicted molar refractivity (Wildman–Crippen MR) is 26.9 cm³/mol. The average Bonchev–Trinajstić information content (AvgIpc) is 2.14. The Hall–Kier alpha value is -0.660. The molecule has 8 heavy (non-hydrogen) atoms. The molecule has 0 bridgehead atoms. The van der Waals surface area contributed by atoms with Crippen LogP contribution in [0.4, 0.5) is 5.13 Å². The van der Waals surface area contributed by atoms with Crippen LogP contribution in [0.2, 0.25) is 0 Å². The molecule has 0 aliphatic carbocycles. The maximum atomic E-state index is 8.00. The highest BCUT2D eigenvalue weighted by Crippen LogP contribution is 2.12. The van der Waals surface area contributed by atoms with Gasteiger partial charge in [0.25, 0.3) is 0 Å². The van der Waals surface area contributed by atoms with Crippen LogP contribution in [-0.4, -0.2) is 4.98 Å². The number of hydrogen-bond acceptors (Lipinski definition) is 3. The van der Waals surface area contributed by atoms with Crippen LogP contribution in [0.25, 0.3) is 4.98 Å². The summed E-state index contributed by atoms with van der Waals surface area (Å²) in [5.41, 5.74) is 0. The van der Waals surface area contributed by atoms with E-state index in [0.29, 0.717) is 5.13 Å². The Kier molecular flexibility index (Phi) is 3.08. The molecule has 1 aromatic rings. The fraction of sp³-hybridized carbons (Fsp3) is 0. The lowest BCUT2D eigenvalue weighted by atomic mass is 11.0. The van der Waals surface area contributed by atoms with Gasteiger partial charge in [-0.3, -0.25) is 0 Å². The normalized spacial score (nSPS) is 6.88. The highest BCUT2D eigenvalue weighted by molar-refractivity contribution is 7.13. The standard InChI is InChI=1S/C3H2N3S.ClH/c4-6-3-5-1-2-7-3;/h1-2H;1H/q+1;/p-1. The fourth-order valence-electron chi connectivity index (χ4n) is 0.265. The molecule has 5 heteroatoms. The van der Waals surface area contributed by atoms with Gasteiger partial charge in [0.1, 0.15) is 0 Å². The predicted octanol–water partition coefficient (Wildman–Crippen LogP) is -1.37. The number of aromatic nitrogens is 1. The lowest BCUT2D eigenvalue weighted by Crippen LogP contribution is -3.00. The number of nitrogens with zero attached hydrogens (tertiary/aromatic N) is 3. The molecular formula is C3H2ClN3S. The Balaban J connectivity index is 0.000000490. The molecule has 1 rings (SSSR count). The number of rotatable bonds is 0. The lowest BCUT2D eigenvalue weighted by molar-refractivity contribution is -0.00000166. The first-order valence-electron chi connectivity index (χ1n) is 1.68. The Morgan fingerprint density at radius 3 is 2.75 bits per heavy atom. The molecule has 3 nitrogen and oxygen atoms in total. The summed E-state index contributed by atoms with van der Waals surface area (Å²) in [7, 11) is 0. The number of hydrogen-bond donors (Lipinski definition) is 0. The van der Waals surface area contributed by atoms with Crippen molar-refractivity contribution in [3.63, 3.8) is 0 Å². The zero-order valence-electron chi connectivity index (χ0n) is 3.78. The second-order valence-electron chi connectivity index (χ2n) is 0.915. The minimum atomic E-state index is 0. The molecule has 0 N–H and O–H groups in total. The van der Waals surface area contributed by atoms with E-state index in [4.69, 9.17) is 5.39 Å². The highest BCUT2D eigenvalue weighted by Gasteiger charge is 2.01. The van der Waals surface area contributed by atoms with Gasteiger partial charge in [-0.15, -0.1) is 0 Å².